The van der Waals surface area contributed by atoms with Gasteiger partial charge in [0.25, 0.3) is 0 Å². The summed E-state index contributed by atoms with van der Waals surface area (Å²) in [4.78, 5) is 12.3. The molecule has 0 saturated heterocycles. The lowest BCUT2D eigenvalue weighted by atomic mass is 9.86. The van der Waals surface area contributed by atoms with E-state index in [0.29, 0.717) is 5.69 Å². The van der Waals surface area contributed by atoms with Crippen molar-refractivity contribution in [2.45, 2.75) is 37.8 Å². The lowest BCUT2D eigenvalue weighted by molar-refractivity contribution is -0.137. The SMILES string of the molecule is CC1(C)Oc2ccc(C(F)(F)F)cc2[C@@H](NC(=O)Nc2ccccc2)[C@@H]1O. The molecule has 3 rings (SSSR count). The van der Waals surface area contributed by atoms with E-state index < -0.39 is 35.5 Å². The van der Waals surface area contributed by atoms with E-state index >= 15 is 0 Å². The van der Waals surface area contributed by atoms with Crippen LogP contribution in [0.4, 0.5) is 23.7 Å². The van der Waals surface area contributed by atoms with Crippen LogP contribution in [-0.2, 0) is 6.18 Å². The van der Waals surface area contributed by atoms with Gasteiger partial charge in [-0.15, -0.1) is 0 Å². The van der Waals surface area contributed by atoms with Crippen molar-refractivity contribution in [3.05, 3.63) is 59.7 Å². The molecule has 2 atom stereocenters. The maximum Gasteiger partial charge on any atom is 0.416 e. The zero-order valence-electron chi connectivity index (χ0n) is 14.7. The molecule has 2 amide bonds. The van der Waals surface area contributed by atoms with Gasteiger partial charge in [-0.3, -0.25) is 0 Å². The van der Waals surface area contributed by atoms with E-state index in [2.05, 4.69) is 10.6 Å². The number of benzene rings is 2. The number of ether oxygens (including phenoxy) is 1. The number of fused-ring (bicyclic) bond motifs is 1. The molecule has 0 bridgehead atoms. The number of hydrogen-bond acceptors (Lipinski definition) is 3. The third kappa shape index (κ3) is 4.00. The highest BCUT2D eigenvalue weighted by Crippen LogP contribution is 2.42. The van der Waals surface area contributed by atoms with E-state index in [1.165, 1.54) is 6.07 Å². The Morgan fingerprint density at radius 1 is 1.15 bits per heavy atom. The van der Waals surface area contributed by atoms with Crippen molar-refractivity contribution in [2.75, 3.05) is 5.32 Å². The average Bonchev–Trinajstić information content (AvgIpc) is 2.58. The quantitative estimate of drug-likeness (QED) is 0.735. The van der Waals surface area contributed by atoms with E-state index in [1.54, 1.807) is 44.2 Å². The van der Waals surface area contributed by atoms with Gasteiger partial charge in [0.15, 0.2) is 0 Å². The van der Waals surface area contributed by atoms with Gasteiger partial charge in [0, 0.05) is 11.3 Å². The molecule has 0 saturated carbocycles. The zero-order valence-corrected chi connectivity index (χ0v) is 14.7. The summed E-state index contributed by atoms with van der Waals surface area (Å²) in [6.45, 7) is 3.20. The Morgan fingerprint density at radius 2 is 1.81 bits per heavy atom. The first kappa shape index (κ1) is 19.0. The highest BCUT2D eigenvalue weighted by molar-refractivity contribution is 5.89. The minimum Gasteiger partial charge on any atom is -0.485 e. The van der Waals surface area contributed by atoms with Crippen molar-refractivity contribution in [3.8, 4) is 5.75 Å². The monoisotopic (exact) mass is 380 g/mol. The van der Waals surface area contributed by atoms with Crippen LogP contribution in [-0.4, -0.2) is 22.8 Å². The van der Waals surface area contributed by atoms with Crippen molar-refractivity contribution in [1.82, 2.24) is 5.32 Å². The van der Waals surface area contributed by atoms with Crippen LogP contribution in [0.2, 0.25) is 0 Å². The lowest BCUT2D eigenvalue weighted by Gasteiger charge is -2.42. The summed E-state index contributed by atoms with van der Waals surface area (Å²) in [5, 5.41) is 15.8. The van der Waals surface area contributed by atoms with Crippen LogP contribution in [0.5, 0.6) is 5.75 Å². The van der Waals surface area contributed by atoms with Crippen LogP contribution >= 0.6 is 0 Å². The fraction of sp³-hybridized carbons (Fsp3) is 0.316. The summed E-state index contributed by atoms with van der Waals surface area (Å²) in [6, 6.07) is 9.85. The molecule has 144 valence electrons. The summed E-state index contributed by atoms with van der Waals surface area (Å²) in [5.41, 5.74) is -1.40. The highest BCUT2D eigenvalue weighted by atomic mass is 19.4. The van der Waals surface area contributed by atoms with Crippen molar-refractivity contribution in [3.63, 3.8) is 0 Å². The van der Waals surface area contributed by atoms with Crippen LogP contribution in [0.25, 0.3) is 0 Å². The van der Waals surface area contributed by atoms with Crippen molar-refractivity contribution >= 4 is 11.7 Å². The van der Waals surface area contributed by atoms with Crippen LogP contribution in [0, 0.1) is 0 Å². The first-order valence-electron chi connectivity index (χ1n) is 8.29. The van der Waals surface area contributed by atoms with Gasteiger partial charge < -0.3 is 20.5 Å². The Balaban J connectivity index is 1.92. The van der Waals surface area contributed by atoms with E-state index in [4.69, 9.17) is 4.74 Å². The topological polar surface area (TPSA) is 70.6 Å². The molecule has 27 heavy (non-hydrogen) atoms. The lowest BCUT2D eigenvalue weighted by Crippen LogP contribution is -2.54. The number of halogens is 3. The maximum absolute atomic E-state index is 13.1. The highest BCUT2D eigenvalue weighted by Gasteiger charge is 2.44. The van der Waals surface area contributed by atoms with Crippen molar-refractivity contribution in [1.29, 1.82) is 0 Å². The minimum atomic E-state index is -4.55. The number of urea groups is 1. The van der Waals surface area contributed by atoms with Crippen LogP contribution < -0.4 is 15.4 Å². The van der Waals surface area contributed by atoms with Gasteiger partial charge in [0.1, 0.15) is 17.5 Å². The third-order valence-corrected chi connectivity index (χ3v) is 4.39. The molecule has 1 aliphatic rings. The number of nitrogens with one attached hydrogen (secondary N) is 2. The first-order valence-corrected chi connectivity index (χ1v) is 8.29. The smallest absolute Gasteiger partial charge is 0.416 e. The Hall–Kier alpha value is -2.74. The number of aliphatic hydroxyl groups excluding tert-OH is 1. The molecule has 0 radical (unpaired) electrons. The van der Waals surface area contributed by atoms with E-state index in [9.17, 15) is 23.1 Å². The van der Waals surface area contributed by atoms with Gasteiger partial charge >= 0.3 is 12.2 Å². The Bertz CT molecular complexity index is 838. The number of alkyl halides is 3. The number of rotatable bonds is 2. The van der Waals surface area contributed by atoms with E-state index in [-0.39, 0.29) is 11.3 Å². The molecule has 1 heterocycles. The number of anilines is 1. The van der Waals surface area contributed by atoms with Gasteiger partial charge in [-0.2, -0.15) is 13.2 Å². The van der Waals surface area contributed by atoms with Gasteiger partial charge in [-0.05, 0) is 44.2 Å². The zero-order chi connectivity index (χ0) is 19.8. The predicted molar refractivity (Wildman–Crippen MR) is 93.5 cm³/mol. The fourth-order valence-corrected chi connectivity index (χ4v) is 2.96. The molecule has 2 aromatic carbocycles. The number of carbonyl (C=O) groups is 1. The van der Waals surface area contributed by atoms with Gasteiger partial charge in [0.05, 0.1) is 11.6 Å². The van der Waals surface area contributed by atoms with Crippen LogP contribution in [0.15, 0.2) is 48.5 Å². The first-order chi connectivity index (χ1) is 12.6. The summed E-state index contributed by atoms with van der Waals surface area (Å²) < 4.78 is 44.9. The molecule has 1 aliphatic heterocycles. The largest absolute Gasteiger partial charge is 0.485 e. The molecule has 0 fully saturated rings. The van der Waals surface area contributed by atoms with Gasteiger partial charge in [0.2, 0.25) is 0 Å². The molecular weight excluding hydrogens is 361 g/mol. The number of hydrogen-bond donors (Lipinski definition) is 3. The second-order valence-corrected chi connectivity index (χ2v) is 6.84. The Kier molecular flexibility index (Phi) is 4.77. The standard InChI is InChI=1S/C19H19F3N2O3/c1-18(2)16(25)15(24-17(26)23-12-6-4-3-5-7-12)13-10-11(19(20,21)22)8-9-14(13)27-18/h3-10,15-16,25H,1-2H3,(H2,23,24,26)/t15-,16+/m1/s1. The summed E-state index contributed by atoms with van der Waals surface area (Å²) in [6.07, 6.45) is -5.81. The second-order valence-electron chi connectivity index (χ2n) is 6.84. The summed E-state index contributed by atoms with van der Waals surface area (Å²) >= 11 is 0. The summed E-state index contributed by atoms with van der Waals surface area (Å²) in [5.74, 6) is 0.184. The number of carbonyl (C=O) groups excluding carboxylic acids is 1. The summed E-state index contributed by atoms with van der Waals surface area (Å²) in [7, 11) is 0. The van der Waals surface area contributed by atoms with Crippen LogP contribution in [0.3, 0.4) is 0 Å². The number of para-hydroxylation sites is 1. The molecule has 0 unspecified atom stereocenters. The molecule has 5 nitrogen and oxygen atoms in total. The van der Waals surface area contributed by atoms with E-state index in [1.807, 2.05) is 0 Å². The molecular formula is C19H19F3N2O3. The molecule has 3 N–H and O–H groups in total. The number of amides is 2. The molecule has 0 spiro atoms. The Labute approximate surface area is 154 Å². The normalized spacial score (nSPS) is 21.0. The third-order valence-electron chi connectivity index (χ3n) is 4.39. The molecule has 0 aromatic heterocycles. The fourth-order valence-electron chi connectivity index (χ4n) is 2.96. The van der Waals surface area contributed by atoms with Crippen molar-refractivity contribution in [2.24, 2.45) is 0 Å². The maximum atomic E-state index is 13.1. The number of aliphatic hydroxyl groups is 1. The second kappa shape index (κ2) is 6.77. The average molecular weight is 380 g/mol. The van der Waals surface area contributed by atoms with E-state index in [0.717, 1.165) is 12.1 Å². The van der Waals surface area contributed by atoms with Crippen LogP contribution in [0.1, 0.15) is 31.0 Å². The van der Waals surface area contributed by atoms with Gasteiger partial charge in [-0.1, -0.05) is 18.2 Å². The van der Waals surface area contributed by atoms with Crippen molar-refractivity contribution < 1.29 is 27.8 Å². The minimum absolute atomic E-state index is 0.0693. The molecule has 0 aliphatic carbocycles. The molecule has 2 aromatic rings. The van der Waals surface area contributed by atoms with Gasteiger partial charge in [-0.25, -0.2) is 4.79 Å². The predicted octanol–water partition coefficient (Wildman–Crippen LogP) is 4.10. The Morgan fingerprint density at radius 3 is 2.44 bits per heavy atom. The molecule has 8 heteroatoms.